The molecule has 0 N–H and O–H groups in total. The third-order valence-corrected chi connectivity index (χ3v) is 9.86. The summed E-state index contributed by atoms with van der Waals surface area (Å²) in [5, 5.41) is 10.1. The van der Waals surface area contributed by atoms with Crippen LogP contribution in [0.15, 0.2) is 170 Å². The van der Waals surface area contributed by atoms with Crippen LogP contribution in [0.25, 0.3) is 87.7 Å². The third kappa shape index (κ3) is 4.67. The van der Waals surface area contributed by atoms with Crippen LogP contribution in [0.2, 0.25) is 0 Å². The summed E-state index contributed by atoms with van der Waals surface area (Å²) in [6.45, 7) is 2.22. The zero-order valence-corrected chi connectivity index (χ0v) is 26.8. The predicted molar refractivity (Wildman–Crippen MR) is 205 cm³/mol. The summed E-state index contributed by atoms with van der Waals surface area (Å²) in [6, 6.07) is 60.0. The number of aryl methyl sites for hydroxylation is 1. The molecule has 0 radical (unpaired) electrons. The zero-order chi connectivity index (χ0) is 32.0. The van der Waals surface area contributed by atoms with E-state index in [9.17, 15) is 0 Å². The molecule has 48 heavy (non-hydrogen) atoms. The second kappa shape index (κ2) is 11.6. The lowest BCUT2D eigenvalue weighted by Crippen LogP contribution is -1.92. The number of rotatable bonds is 5. The van der Waals surface area contributed by atoms with Crippen LogP contribution in [0.5, 0.6) is 0 Å². The second-order valence-electron chi connectivity index (χ2n) is 12.6. The maximum atomic E-state index is 4.61. The summed E-state index contributed by atoms with van der Waals surface area (Å²) < 4.78 is 0. The smallest absolute Gasteiger partial charge is 0.0702 e. The minimum absolute atomic E-state index is 0.982. The lowest BCUT2D eigenvalue weighted by Gasteiger charge is -2.19. The molecule has 0 aliphatic carbocycles. The molecule has 226 valence electrons. The Hall–Kier alpha value is -6.05. The molecule has 0 unspecified atom stereocenters. The average molecular weight is 612 g/mol. The van der Waals surface area contributed by atoms with Crippen LogP contribution in [0, 0.1) is 0 Å². The van der Waals surface area contributed by atoms with E-state index in [-0.39, 0.29) is 0 Å². The third-order valence-electron chi connectivity index (χ3n) is 9.86. The van der Waals surface area contributed by atoms with Gasteiger partial charge in [-0.05, 0) is 113 Å². The highest BCUT2D eigenvalue weighted by atomic mass is 14.7. The highest BCUT2D eigenvalue weighted by Gasteiger charge is 2.19. The van der Waals surface area contributed by atoms with Crippen molar-refractivity contribution in [2.45, 2.75) is 13.3 Å². The molecule has 0 fully saturated rings. The van der Waals surface area contributed by atoms with E-state index >= 15 is 0 Å². The average Bonchev–Trinajstić information content (AvgIpc) is 3.16. The monoisotopic (exact) mass is 611 g/mol. The van der Waals surface area contributed by atoms with Crippen molar-refractivity contribution in [1.29, 1.82) is 0 Å². The predicted octanol–water partition coefficient (Wildman–Crippen LogP) is 12.9. The van der Waals surface area contributed by atoms with Crippen molar-refractivity contribution in [3.8, 4) is 44.6 Å². The number of nitrogens with zero attached hydrogens (tertiary/aromatic N) is 1. The number of pyridine rings is 1. The van der Waals surface area contributed by atoms with Crippen LogP contribution >= 0.6 is 0 Å². The van der Waals surface area contributed by atoms with Gasteiger partial charge in [0, 0.05) is 11.8 Å². The van der Waals surface area contributed by atoms with Gasteiger partial charge in [0.1, 0.15) is 0 Å². The molecule has 0 aliphatic heterocycles. The fraction of sp³-hybridized carbons (Fsp3) is 0.0426. The highest BCUT2D eigenvalue weighted by molar-refractivity contribution is 6.24. The van der Waals surface area contributed by atoms with Gasteiger partial charge in [0.25, 0.3) is 0 Å². The summed E-state index contributed by atoms with van der Waals surface area (Å²) in [5.41, 5.74) is 11.0. The molecule has 0 spiro atoms. The second-order valence-corrected chi connectivity index (χ2v) is 12.6. The van der Waals surface area contributed by atoms with Crippen molar-refractivity contribution < 1.29 is 0 Å². The first-order valence-electron chi connectivity index (χ1n) is 16.8. The first-order valence-corrected chi connectivity index (χ1v) is 16.8. The van der Waals surface area contributed by atoms with E-state index in [0.29, 0.717) is 0 Å². The van der Waals surface area contributed by atoms with Gasteiger partial charge >= 0.3 is 0 Å². The van der Waals surface area contributed by atoms with Crippen molar-refractivity contribution >= 4 is 43.1 Å². The van der Waals surface area contributed by atoms with Gasteiger partial charge < -0.3 is 0 Å². The molecule has 9 aromatic rings. The van der Waals surface area contributed by atoms with Gasteiger partial charge in [-0.3, -0.25) is 4.98 Å². The van der Waals surface area contributed by atoms with Gasteiger partial charge in [-0.25, -0.2) is 0 Å². The van der Waals surface area contributed by atoms with Gasteiger partial charge in [-0.2, -0.15) is 0 Å². The number of hydrogen-bond acceptors (Lipinski definition) is 1. The summed E-state index contributed by atoms with van der Waals surface area (Å²) in [4.78, 5) is 4.61. The van der Waals surface area contributed by atoms with Crippen molar-refractivity contribution in [1.82, 2.24) is 4.98 Å². The Bertz CT molecular complexity index is 2590. The van der Waals surface area contributed by atoms with E-state index < -0.39 is 0 Å². The highest BCUT2D eigenvalue weighted by Crippen LogP contribution is 2.46. The summed E-state index contributed by atoms with van der Waals surface area (Å²) in [6.07, 6.45) is 2.90. The van der Waals surface area contributed by atoms with Gasteiger partial charge in [0.2, 0.25) is 0 Å². The Morgan fingerprint density at radius 2 is 0.979 bits per heavy atom. The maximum absolute atomic E-state index is 4.61. The quantitative estimate of drug-likeness (QED) is 0.176. The summed E-state index contributed by atoms with van der Waals surface area (Å²) in [7, 11) is 0. The molecular weight excluding hydrogens is 579 g/mol. The van der Waals surface area contributed by atoms with Crippen LogP contribution in [-0.2, 0) is 6.42 Å². The lowest BCUT2D eigenvalue weighted by molar-refractivity contribution is 1.15. The number of hydrogen-bond donors (Lipinski definition) is 0. The molecule has 0 saturated carbocycles. The van der Waals surface area contributed by atoms with Crippen LogP contribution in [-0.4, -0.2) is 4.98 Å². The molecule has 0 saturated heterocycles. The molecule has 1 nitrogen and oxygen atoms in total. The lowest BCUT2D eigenvalue weighted by atomic mass is 9.84. The SMILES string of the molecule is CCc1ccc2cc(-c3c4ccccc4c(-c4cccc5c(-c6cccc(-c7ccccn7)c6)cccc45)c4ccccc34)ccc2c1. The van der Waals surface area contributed by atoms with Gasteiger partial charge in [0.05, 0.1) is 5.69 Å². The Labute approximate surface area is 280 Å². The first kappa shape index (κ1) is 28.2. The Morgan fingerprint density at radius 3 is 1.69 bits per heavy atom. The number of benzene rings is 8. The topological polar surface area (TPSA) is 12.9 Å². The molecule has 1 aromatic heterocycles. The van der Waals surface area contributed by atoms with Crippen molar-refractivity contribution in [2.24, 2.45) is 0 Å². The normalized spacial score (nSPS) is 11.5. The first-order chi connectivity index (χ1) is 23.8. The van der Waals surface area contributed by atoms with Crippen LogP contribution in [0.3, 0.4) is 0 Å². The van der Waals surface area contributed by atoms with E-state index in [1.54, 1.807) is 0 Å². The van der Waals surface area contributed by atoms with Crippen LogP contribution in [0.1, 0.15) is 12.5 Å². The van der Waals surface area contributed by atoms with E-state index in [2.05, 4.69) is 164 Å². The summed E-state index contributed by atoms with van der Waals surface area (Å²) in [5.74, 6) is 0. The van der Waals surface area contributed by atoms with Crippen LogP contribution < -0.4 is 0 Å². The van der Waals surface area contributed by atoms with Crippen molar-refractivity contribution in [2.75, 3.05) is 0 Å². The minimum atomic E-state index is 0.982. The molecule has 1 heterocycles. The van der Waals surface area contributed by atoms with Crippen molar-refractivity contribution in [3.63, 3.8) is 0 Å². The fourth-order valence-corrected chi connectivity index (χ4v) is 7.56. The Balaban J connectivity index is 1.28. The zero-order valence-electron chi connectivity index (χ0n) is 26.8. The van der Waals surface area contributed by atoms with E-state index in [1.807, 2.05) is 18.3 Å². The minimum Gasteiger partial charge on any atom is -0.256 e. The van der Waals surface area contributed by atoms with Gasteiger partial charge in [-0.15, -0.1) is 0 Å². The molecule has 0 amide bonds. The van der Waals surface area contributed by atoms with Crippen molar-refractivity contribution in [3.05, 3.63) is 176 Å². The Morgan fingerprint density at radius 1 is 0.396 bits per heavy atom. The van der Waals surface area contributed by atoms with Gasteiger partial charge in [-0.1, -0.05) is 146 Å². The fourth-order valence-electron chi connectivity index (χ4n) is 7.56. The molecule has 1 heteroatoms. The standard InChI is InChI=1S/C47H33N/c1-2-31-23-24-33-29-36(26-25-32(33)28-31)46-41-14-3-5-16-43(41)47(44-17-6-4-15-42(44)46)40-21-11-19-38-37(18-10-20-39(38)40)34-12-9-13-35(30-34)45-22-7-8-27-48-45/h3-30H,2H2,1H3. The largest absolute Gasteiger partial charge is 0.256 e. The molecule has 0 bridgehead atoms. The molecule has 0 aliphatic rings. The molecular formula is C47H33N. The number of aromatic nitrogens is 1. The van der Waals surface area contributed by atoms with Crippen LogP contribution in [0.4, 0.5) is 0 Å². The van der Waals surface area contributed by atoms with E-state index in [4.69, 9.17) is 0 Å². The molecule has 8 aromatic carbocycles. The maximum Gasteiger partial charge on any atom is 0.0702 e. The Kier molecular flexibility index (Phi) is 6.83. The van der Waals surface area contributed by atoms with E-state index in [0.717, 1.165) is 17.7 Å². The molecule has 0 atom stereocenters. The van der Waals surface area contributed by atoms with E-state index in [1.165, 1.54) is 82.0 Å². The molecule has 9 rings (SSSR count). The number of fused-ring (bicyclic) bond motifs is 4. The summed E-state index contributed by atoms with van der Waals surface area (Å²) >= 11 is 0. The van der Waals surface area contributed by atoms with Gasteiger partial charge in [0.15, 0.2) is 0 Å².